The number of nitrogens with zero attached hydrogens (tertiary/aromatic N) is 4. The molecule has 0 saturated carbocycles. The second kappa shape index (κ2) is 9.02. The number of aromatic nitrogens is 2. The SMILES string of the molecule is COc1cccc(C=CC(=O)N2CCN(c3nc4sc5c(c4c(=O)n3C)CCCC5)CC2)c1. The molecule has 33 heavy (non-hydrogen) atoms. The van der Waals surface area contributed by atoms with Crippen LogP contribution in [0.3, 0.4) is 0 Å². The van der Waals surface area contributed by atoms with Gasteiger partial charge in [0, 0.05) is 44.2 Å². The smallest absolute Gasteiger partial charge is 0.263 e. The normalized spacial score (nSPS) is 16.4. The van der Waals surface area contributed by atoms with Crippen LogP contribution in [0.5, 0.6) is 5.75 Å². The summed E-state index contributed by atoms with van der Waals surface area (Å²) in [5.41, 5.74) is 2.20. The van der Waals surface area contributed by atoms with Crippen LogP contribution in [0.15, 0.2) is 35.1 Å². The Morgan fingerprint density at radius 1 is 1.15 bits per heavy atom. The molecule has 0 radical (unpaired) electrons. The molecule has 1 aliphatic carbocycles. The van der Waals surface area contributed by atoms with Gasteiger partial charge in [0.05, 0.1) is 12.5 Å². The van der Waals surface area contributed by atoms with Crippen LogP contribution < -0.4 is 15.2 Å². The molecule has 8 heteroatoms. The maximum Gasteiger partial charge on any atom is 0.263 e. The van der Waals surface area contributed by atoms with E-state index in [1.807, 2.05) is 42.3 Å². The fourth-order valence-corrected chi connectivity index (χ4v) is 5.95. The number of ether oxygens (including phenoxy) is 1. The highest BCUT2D eigenvalue weighted by Gasteiger charge is 2.26. The lowest BCUT2D eigenvalue weighted by Gasteiger charge is -2.35. The molecule has 1 saturated heterocycles. The van der Waals surface area contributed by atoms with Gasteiger partial charge in [-0.05, 0) is 55.0 Å². The zero-order valence-electron chi connectivity index (χ0n) is 19.0. The summed E-state index contributed by atoms with van der Waals surface area (Å²) in [5, 5.41) is 0.817. The van der Waals surface area contributed by atoms with E-state index in [1.54, 1.807) is 29.1 Å². The van der Waals surface area contributed by atoms with Gasteiger partial charge in [-0.1, -0.05) is 12.1 Å². The van der Waals surface area contributed by atoms with Crippen molar-refractivity contribution in [2.24, 2.45) is 7.05 Å². The molecule has 1 aliphatic heterocycles. The maximum absolute atomic E-state index is 13.2. The molecule has 1 amide bonds. The van der Waals surface area contributed by atoms with Crippen LogP contribution in [0.4, 0.5) is 5.95 Å². The van der Waals surface area contributed by atoms with Gasteiger partial charge < -0.3 is 14.5 Å². The Hall–Kier alpha value is -3.13. The summed E-state index contributed by atoms with van der Waals surface area (Å²) in [7, 11) is 3.44. The summed E-state index contributed by atoms with van der Waals surface area (Å²) in [6.45, 7) is 2.48. The van der Waals surface area contributed by atoms with E-state index < -0.39 is 0 Å². The lowest BCUT2D eigenvalue weighted by Crippen LogP contribution is -2.49. The molecule has 0 N–H and O–H groups in total. The first-order valence-electron chi connectivity index (χ1n) is 11.4. The topological polar surface area (TPSA) is 67.7 Å². The van der Waals surface area contributed by atoms with Crippen molar-refractivity contribution in [1.82, 2.24) is 14.5 Å². The van der Waals surface area contributed by atoms with E-state index in [4.69, 9.17) is 9.72 Å². The second-order valence-electron chi connectivity index (χ2n) is 8.59. The predicted molar refractivity (Wildman–Crippen MR) is 132 cm³/mol. The molecular weight excluding hydrogens is 436 g/mol. The highest BCUT2D eigenvalue weighted by molar-refractivity contribution is 7.18. The molecule has 172 valence electrons. The third kappa shape index (κ3) is 4.15. The minimum Gasteiger partial charge on any atom is -0.497 e. The lowest BCUT2D eigenvalue weighted by molar-refractivity contribution is -0.126. The summed E-state index contributed by atoms with van der Waals surface area (Å²) in [4.78, 5) is 36.9. The number of amides is 1. The molecule has 0 atom stereocenters. The predicted octanol–water partition coefficient (Wildman–Crippen LogP) is 3.24. The van der Waals surface area contributed by atoms with Crippen molar-refractivity contribution >= 4 is 39.5 Å². The summed E-state index contributed by atoms with van der Waals surface area (Å²) >= 11 is 1.68. The van der Waals surface area contributed by atoms with E-state index in [9.17, 15) is 9.59 Å². The number of methoxy groups -OCH3 is 1. The summed E-state index contributed by atoms with van der Waals surface area (Å²) in [5.74, 6) is 1.45. The quantitative estimate of drug-likeness (QED) is 0.555. The molecule has 5 rings (SSSR count). The molecule has 1 fully saturated rings. The number of hydrogen-bond donors (Lipinski definition) is 0. The van der Waals surface area contributed by atoms with Gasteiger partial charge in [0.15, 0.2) is 0 Å². The van der Waals surface area contributed by atoms with Crippen LogP contribution in [0.1, 0.15) is 28.8 Å². The van der Waals surface area contributed by atoms with E-state index in [0.717, 1.165) is 40.8 Å². The van der Waals surface area contributed by atoms with Crippen LogP contribution in [0, 0.1) is 0 Å². The number of carbonyl (C=O) groups excluding carboxylic acids is 1. The zero-order chi connectivity index (χ0) is 22.9. The summed E-state index contributed by atoms with van der Waals surface area (Å²) < 4.78 is 6.92. The average Bonchev–Trinajstić information content (AvgIpc) is 3.23. The standard InChI is InChI=1S/C25H28N4O3S/c1-27-24(31)22-19-8-3-4-9-20(19)33-23(22)26-25(27)29-14-12-28(13-15-29)21(30)11-10-17-6-5-7-18(16-17)32-2/h5-7,10-11,16H,3-4,8-9,12-15H2,1-2H3. The third-order valence-corrected chi connectivity index (χ3v) is 7.74. The number of piperazine rings is 1. The Labute approximate surface area is 196 Å². The van der Waals surface area contributed by atoms with Gasteiger partial charge in [0.2, 0.25) is 11.9 Å². The Bertz CT molecular complexity index is 1280. The van der Waals surface area contributed by atoms with E-state index in [0.29, 0.717) is 32.1 Å². The van der Waals surface area contributed by atoms with E-state index >= 15 is 0 Å². The van der Waals surface area contributed by atoms with Gasteiger partial charge in [-0.3, -0.25) is 14.2 Å². The van der Waals surface area contributed by atoms with Crippen molar-refractivity contribution in [3.05, 3.63) is 56.7 Å². The van der Waals surface area contributed by atoms with Crippen molar-refractivity contribution in [3.63, 3.8) is 0 Å². The molecule has 7 nitrogen and oxygen atoms in total. The van der Waals surface area contributed by atoms with E-state index in [1.165, 1.54) is 16.9 Å². The molecule has 0 bridgehead atoms. The number of thiophene rings is 1. The molecule has 0 unspecified atom stereocenters. The maximum atomic E-state index is 13.2. The highest BCUT2D eigenvalue weighted by Crippen LogP contribution is 2.34. The minimum absolute atomic E-state index is 0.0132. The van der Waals surface area contributed by atoms with Gasteiger partial charge in [0.25, 0.3) is 5.56 Å². The lowest BCUT2D eigenvalue weighted by atomic mass is 9.97. The van der Waals surface area contributed by atoms with Crippen LogP contribution in [-0.4, -0.2) is 53.6 Å². The Morgan fingerprint density at radius 2 is 1.94 bits per heavy atom. The van der Waals surface area contributed by atoms with Gasteiger partial charge in [0.1, 0.15) is 10.6 Å². The van der Waals surface area contributed by atoms with Crippen molar-refractivity contribution in [2.45, 2.75) is 25.7 Å². The van der Waals surface area contributed by atoms with Gasteiger partial charge >= 0.3 is 0 Å². The number of carbonyl (C=O) groups is 1. The Balaban J connectivity index is 1.30. The molecule has 3 heterocycles. The van der Waals surface area contributed by atoms with Crippen LogP contribution in [0.2, 0.25) is 0 Å². The number of aryl methyl sites for hydroxylation is 2. The first-order valence-corrected chi connectivity index (χ1v) is 12.2. The molecular formula is C25H28N4O3S. The first-order chi connectivity index (χ1) is 16.0. The van der Waals surface area contributed by atoms with Crippen LogP contribution in [0.25, 0.3) is 16.3 Å². The van der Waals surface area contributed by atoms with Crippen molar-refractivity contribution in [2.75, 3.05) is 38.2 Å². The van der Waals surface area contributed by atoms with Gasteiger partial charge in [-0.25, -0.2) is 4.98 Å². The summed E-state index contributed by atoms with van der Waals surface area (Å²) in [6, 6.07) is 7.61. The van der Waals surface area contributed by atoms with Crippen LogP contribution in [-0.2, 0) is 24.7 Å². The van der Waals surface area contributed by atoms with E-state index in [2.05, 4.69) is 4.90 Å². The molecule has 1 aromatic carbocycles. The monoisotopic (exact) mass is 464 g/mol. The van der Waals surface area contributed by atoms with Crippen molar-refractivity contribution in [3.8, 4) is 5.75 Å². The molecule has 2 aromatic heterocycles. The van der Waals surface area contributed by atoms with Crippen molar-refractivity contribution in [1.29, 1.82) is 0 Å². The van der Waals surface area contributed by atoms with E-state index in [-0.39, 0.29) is 11.5 Å². The fraction of sp³-hybridized carbons (Fsp3) is 0.400. The Kier molecular flexibility index (Phi) is 5.93. The highest BCUT2D eigenvalue weighted by atomic mass is 32.1. The minimum atomic E-state index is -0.0132. The number of fused-ring (bicyclic) bond motifs is 3. The summed E-state index contributed by atoms with van der Waals surface area (Å²) in [6.07, 6.45) is 7.80. The third-order valence-electron chi connectivity index (χ3n) is 6.56. The average molecular weight is 465 g/mol. The Morgan fingerprint density at radius 3 is 2.73 bits per heavy atom. The zero-order valence-corrected chi connectivity index (χ0v) is 19.9. The number of benzene rings is 1. The second-order valence-corrected chi connectivity index (χ2v) is 9.67. The van der Waals surface area contributed by atoms with Crippen LogP contribution >= 0.6 is 11.3 Å². The largest absolute Gasteiger partial charge is 0.497 e. The number of rotatable bonds is 4. The first kappa shape index (κ1) is 21.7. The number of anilines is 1. The molecule has 3 aromatic rings. The van der Waals surface area contributed by atoms with Crippen molar-refractivity contribution < 1.29 is 9.53 Å². The van der Waals surface area contributed by atoms with Gasteiger partial charge in [-0.2, -0.15) is 0 Å². The van der Waals surface area contributed by atoms with Gasteiger partial charge in [-0.15, -0.1) is 11.3 Å². The molecule has 0 spiro atoms. The molecule has 2 aliphatic rings. The number of hydrogen-bond acceptors (Lipinski definition) is 6. The fourth-order valence-electron chi connectivity index (χ4n) is 4.70.